The van der Waals surface area contributed by atoms with Crippen molar-refractivity contribution in [1.29, 1.82) is 0 Å². The molecule has 0 saturated heterocycles. The topological polar surface area (TPSA) is 72.2 Å². The minimum absolute atomic E-state index is 0.0238. The van der Waals surface area contributed by atoms with Crippen LogP contribution >= 0.6 is 0 Å². The Hall–Kier alpha value is -2.17. The number of primary amides is 1. The van der Waals surface area contributed by atoms with Gasteiger partial charge in [0.1, 0.15) is 5.82 Å². The molecule has 3 N–H and O–H groups in total. The highest BCUT2D eigenvalue weighted by Gasteiger charge is 2.22. The smallest absolute Gasteiger partial charge is 0.223 e. The number of benzene rings is 1. The highest BCUT2D eigenvalue weighted by Crippen LogP contribution is 2.18. The van der Waals surface area contributed by atoms with Crippen molar-refractivity contribution < 1.29 is 14.0 Å². The largest absolute Gasteiger partial charge is 0.369 e. The normalized spacial score (nSPS) is 18.7. The Morgan fingerprint density at radius 1 is 1.27 bits per heavy atom. The summed E-state index contributed by atoms with van der Waals surface area (Å²) in [5.41, 5.74) is 6.22. The predicted molar refractivity (Wildman–Crippen MR) is 82.3 cm³/mol. The SMILES string of the molecule is NC(=O)[C@@H](CNC(=O)[C@H]1CC=CCC1)Cc1ccc(F)cc1. The zero-order valence-corrected chi connectivity index (χ0v) is 12.4. The Morgan fingerprint density at radius 2 is 2.00 bits per heavy atom. The molecule has 22 heavy (non-hydrogen) atoms. The van der Waals surface area contributed by atoms with Gasteiger partial charge >= 0.3 is 0 Å². The van der Waals surface area contributed by atoms with E-state index in [4.69, 9.17) is 5.73 Å². The second-order valence-corrected chi connectivity index (χ2v) is 5.66. The molecule has 0 saturated carbocycles. The molecule has 2 atom stereocenters. The molecular formula is C17H21FN2O2. The molecule has 0 spiro atoms. The highest BCUT2D eigenvalue weighted by molar-refractivity contribution is 5.81. The molecule has 2 amide bonds. The lowest BCUT2D eigenvalue weighted by atomic mass is 9.93. The number of rotatable bonds is 6. The number of carbonyl (C=O) groups excluding carboxylic acids is 2. The molecule has 0 unspecified atom stereocenters. The summed E-state index contributed by atoms with van der Waals surface area (Å²) in [6.07, 6.45) is 6.96. The number of amides is 2. The summed E-state index contributed by atoms with van der Waals surface area (Å²) < 4.78 is 12.9. The van der Waals surface area contributed by atoms with Crippen LogP contribution in [0.4, 0.5) is 4.39 Å². The molecule has 1 aromatic rings. The van der Waals surface area contributed by atoms with Crippen molar-refractivity contribution in [3.8, 4) is 0 Å². The van der Waals surface area contributed by atoms with E-state index < -0.39 is 11.8 Å². The first-order valence-corrected chi connectivity index (χ1v) is 7.52. The average Bonchev–Trinajstić information content (AvgIpc) is 2.53. The molecule has 5 heteroatoms. The zero-order valence-electron chi connectivity index (χ0n) is 12.4. The molecule has 2 rings (SSSR count). The minimum atomic E-state index is -0.492. The van der Waals surface area contributed by atoms with Crippen LogP contribution in [0.3, 0.4) is 0 Å². The summed E-state index contributed by atoms with van der Waals surface area (Å²) in [5, 5.41) is 2.82. The Kier molecular flexibility index (Phi) is 5.69. The second kappa shape index (κ2) is 7.73. The third-order valence-electron chi connectivity index (χ3n) is 3.96. The van der Waals surface area contributed by atoms with Gasteiger partial charge in [-0.25, -0.2) is 4.39 Å². The fraction of sp³-hybridized carbons (Fsp3) is 0.412. The Bertz CT molecular complexity index is 554. The zero-order chi connectivity index (χ0) is 15.9. The summed E-state index contributed by atoms with van der Waals surface area (Å²) in [6, 6.07) is 5.94. The number of nitrogens with one attached hydrogen (secondary N) is 1. The van der Waals surface area contributed by atoms with Gasteiger partial charge in [-0.05, 0) is 43.4 Å². The summed E-state index contributed by atoms with van der Waals surface area (Å²) in [7, 11) is 0. The number of hydrogen-bond acceptors (Lipinski definition) is 2. The maximum absolute atomic E-state index is 12.9. The van der Waals surface area contributed by atoms with Crippen LogP contribution in [0.15, 0.2) is 36.4 Å². The lowest BCUT2D eigenvalue weighted by molar-refractivity contribution is -0.126. The van der Waals surface area contributed by atoms with Crippen LogP contribution in [0.1, 0.15) is 24.8 Å². The van der Waals surface area contributed by atoms with E-state index in [1.807, 2.05) is 6.08 Å². The van der Waals surface area contributed by atoms with Crippen molar-refractivity contribution >= 4 is 11.8 Å². The Morgan fingerprint density at radius 3 is 2.59 bits per heavy atom. The number of hydrogen-bond donors (Lipinski definition) is 2. The van der Waals surface area contributed by atoms with E-state index in [1.54, 1.807) is 12.1 Å². The van der Waals surface area contributed by atoms with E-state index in [2.05, 4.69) is 11.4 Å². The van der Waals surface area contributed by atoms with E-state index in [1.165, 1.54) is 12.1 Å². The van der Waals surface area contributed by atoms with Gasteiger partial charge in [-0.2, -0.15) is 0 Å². The van der Waals surface area contributed by atoms with Crippen molar-refractivity contribution in [3.63, 3.8) is 0 Å². The lowest BCUT2D eigenvalue weighted by Crippen LogP contribution is -2.39. The van der Waals surface area contributed by atoms with Crippen LogP contribution in [-0.2, 0) is 16.0 Å². The molecule has 1 aliphatic rings. The fourth-order valence-electron chi connectivity index (χ4n) is 2.58. The van der Waals surface area contributed by atoms with Crippen LogP contribution in [0.5, 0.6) is 0 Å². The fourth-order valence-corrected chi connectivity index (χ4v) is 2.58. The van der Waals surface area contributed by atoms with Crippen molar-refractivity contribution in [1.82, 2.24) is 5.32 Å². The van der Waals surface area contributed by atoms with Crippen LogP contribution in [0.25, 0.3) is 0 Å². The van der Waals surface area contributed by atoms with Gasteiger partial charge in [-0.15, -0.1) is 0 Å². The van der Waals surface area contributed by atoms with Gasteiger partial charge in [0.25, 0.3) is 0 Å². The van der Waals surface area contributed by atoms with E-state index in [0.717, 1.165) is 24.8 Å². The van der Waals surface area contributed by atoms with E-state index >= 15 is 0 Å². The van der Waals surface area contributed by atoms with Gasteiger partial charge in [0.15, 0.2) is 0 Å². The van der Waals surface area contributed by atoms with Gasteiger partial charge < -0.3 is 11.1 Å². The Balaban J connectivity index is 1.88. The molecule has 0 aromatic heterocycles. The number of carbonyl (C=O) groups is 2. The van der Waals surface area contributed by atoms with Crippen molar-refractivity contribution in [2.24, 2.45) is 17.6 Å². The van der Waals surface area contributed by atoms with Crippen LogP contribution in [0, 0.1) is 17.7 Å². The second-order valence-electron chi connectivity index (χ2n) is 5.66. The summed E-state index contributed by atoms with van der Waals surface area (Å²) >= 11 is 0. The van der Waals surface area contributed by atoms with Crippen molar-refractivity contribution in [2.75, 3.05) is 6.54 Å². The first kappa shape index (κ1) is 16.2. The average molecular weight is 304 g/mol. The van der Waals surface area contributed by atoms with Gasteiger partial charge in [0.05, 0.1) is 5.92 Å². The van der Waals surface area contributed by atoms with Gasteiger partial charge in [0.2, 0.25) is 11.8 Å². The first-order chi connectivity index (χ1) is 10.6. The monoisotopic (exact) mass is 304 g/mol. The van der Waals surface area contributed by atoms with Crippen molar-refractivity contribution in [2.45, 2.75) is 25.7 Å². The standard InChI is InChI=1S/C17H21FN2O2/c18-15-8-6-12(7-9-15)10-14(16(19)21)11-20-17(22)13-4-2-1-3-5-13/h1-2,6-9,13-14H,3-5,10-11H2,(H2,19,21)(H,20,22)/t13-,14+/m0/s1. The molecule has 0 bridgehead atoms. The minimum Gasteiger partial charge on any atom is -0.369 e. The van der Waals surface area contributed by atoms with E-state index in [-0.39, 0.29) is 24.2 Å². The molecule has 4 nitrogen and oxygen atoms in total. The molecule has 1 aliphatic carbocycles. The lowest BCUT2D eigenvalue weighted by Gasteiger charge is -2.19. The molecule has 0 heterocycles. The molecule has 118 valence electrons. The maximum Gasteiger partial charge on any atom is 0.223 e. The predicted octanol–water partition coefficient (Wildman–Crippen LogP) is 1.94. The maximum atomic E-state index is 12.9. The van der Waals surface area contributed by atoms with Crippen LogP contribution in [-0.4, -0.2) is 18.4 Å². The summed E-state index contributed by atoms with van der Waals surface area (Å²) in [4.78, 5) is 23.6. The number of nitrogens with two attached hydrogens (primary N) is 1. The highest BCUT2D eigenvalue weighted by atomic mass is 19.1. The third kappa shape index (κ3) is 4.69. The van der Waals surface area contributed by atoms with E-state index in [0.29, 0.717) is 6.42 Å². The van der Waals surface area contributed by atoms with Crippen LogP contribution < -0.4 is 11.1 Å². The Labute approximate surface area is 129 Å². The van der Waals surface area contributed by atoms with Crippen molar-refractivity contribution in [3.05, 3.63) is 47.8 Å². The van der Waals surface area contributed by atoms with Gasteiger partial charge in [0, 0.05) is 12.5 Å². The third-order valence-corrected chi connectivity index (χ3v) is 3.96. The molecule has 1 aromatic carbocycles. The van der Waals surface area contributed by atoms with Gasteiger partial charge in [-0.1, -0.05) is 24.3 Å². The molecule has 0 radical (unpaired) electrons. The summed E-state index contributed by atoms with van der Waals surface area (Å²) in [6.45, 7) is 0.214. The molecule has 0 fully saturated rings. The molecular weight excluding hydrogens is 283 g/mol. The molecule has 0 aliphatic heterocycles. The number of allylic oxidation sites excluding steroid dienone is 2. The van der Waals surface area contributed by atoms with E-state index in [9.17, 15) is 14.0 Å². The van der Waals surface area contributed by atoms with Crippen LogP contribution in [0.2, 0.25) is 0 Å². The quantitative estimate of drug-likeness (QED) is 0.788. The number of halogens is 1. The van der Waals surface area contributed by atoms with Gasteiger partial charge in [-0.3, -0.25) is 9.59 Å². The first-order valence-electron chi connectivity index (χ1n) is 7.52. The summed E-state index contributed by atoms with van der Waals surface area (Å²) in [5.74, 6) is -1.33.